The summed E-state index contributed by atoms with van der Waals surface area (Å²) in [5.41, 5.74) is 2.18. The average Bonchev–Trinajstić information content (AvgIpc) is 2.36. The van der Waals surface area contributed by atoms with Gasteiger partial charge in [0.25, 0.3) is 0 Å². The van der Waals surface area contributed by atoms with Crippen molar-refractivity contribution in [2.24, 2.45) is 0 Å². The molecule has 2 N–H and O–H groups in total. The Morgan fingerprint density at radius 2 is 2.06 bits per heavy atom. The van der Waals surface area contributed by atoms with Crippen molar-refractivity contribution in [2.75, 3.05) is 32.8 Å². The van der Waals surface area contributed by atoms with Crippen molar-refractivity contribution in [2.45, 2.75) is 13.0 Å². The molecule has 0 aromatic heterocycles. The van der Waals surface area contributed by atoms with Gasteiger partial charge >= 0.3 is 0 Å². The lowest BCUT2D eigenvalue weighted by Gasteiger charge is -2.34. The summed E-state index contributed by atoms with van der Waals surface area (Å²) in [4.78, 5) is 2.30. The van der Waals surface area contributed by atoms with Gasteiger partial charge in [-0.3, -0.25) is 4.90 Å². The summed E-state index contributed by atoms with van der Waals surface area (Å²) in [6, 6.07) is 6.11. The molecule has 2 rings (SSSR count). The predicted octanol–water partition coefficient (Wildman–Crippen LogP) is 2.01. The van der Waals surface area contributed by atoms with E-state index in [4.69, 9.17) is 11.6 Å². The monoisotopic (exact) mass is 290 g/mol. The Morgan fingerprint density at radius 3 is 2.61 bits per heavy atom. The maximum Gasteiger partial charge on any atom is 0.0628 e. The minimum absolute atomic E-state index is 0. The quantitative estimate of drug-likeness (QED) is 0.894. The van der Waals surface area contributed by atoms with Crippen LogP contribution in [0.2, 0.25) is 5.02 Å². The maximum absolute atomic E-state index is 9.59. The Kier molecular flexibility index (Phi) is 6.39. The lowest BCUT2D eigenvalue weighted by molar-refractivity contribution is 0.111. The van der Waals surface area contributed by atoms with Crippen LogP contribution in [0.5, 0.6) is 0 Å². The number of hydrogen-bond acceptors (Lipinski definition) is 3. The molecule has 18 heavy (non-hydrogen) atoms. The SMILES string of the molecule is Cc1ccc([C@@H](CO)N2CCNCC2)cc1Cl.Cl. The van der Waals surface area contributed by atoms with Crippen molar-refractivity contribution in [3.8, 4) is 0 Å². The number of aliphatic hydroxyl groups is 1. The van der Waals surface area contributed by atoms with Crippen LogP contribution in [0, 0.1) is 6.92 Å². The summed E-state index contributed by atoms with van der Waals surface area (Å²) in [5.74, 6) is 0. The van der Waals surface area contributed by atoms with Crippen molar-refractivity contribution in [3.05, 3.63) is 34.3 Å². The van der Waals surface area contributed by atoms with Gasteiger partial charge in [-0.25, -0.2) is 0 Å². The van der Waals surface area contributed by atoms with Crippen molar-refractivity contribution >= 4 is 24.0 Å². The van der Waals surface area contributed by atoms with Gasteiger partial charge in [0.15, 0.2) is 0 Å². The van der Waals surface area contributed by atoms with E-state index >= 15 is 0 Å². The summed E-state index contributed by atoms with van der Waals surface area (Å²) in [5, 5.41) is 13.7. The summed E-state index contributed by atoms with van der Waals surface area (Å²) >= 11 is 6.14. The first-order valence-corrected chi connectivity index (χ1v) is 6.42. The number of benzene rings is 1. The van der Waals surface area contributed by atoms with Crippen LogP contribution in [0.4, 0.5) is 0 Å². The van der Waals surface area contributed by atoms with Crippen LogP contribution in [0.15, 0.2) is 18.2 Å². The molecular formula is C13H20Cl2N2O. The molecule has 5 heteroatoms. The first kappa shape index (κ1) is 15.7. The minimum atomic E-state index is 0. The Hall–Kier alpha value is -0.320. The zero-order valence-corrected chi connectivity index (χ0v) is 12.1. The normalized spacial score (nSPS) is 18.2. The first-order chi connectivity index (χ1) is 8.22. The van der Waals surface area contributed by atoms with Gasteiger partial charge < -0.3 is 10.4 Å². The van der Waals surface area contributed by atoms with Crippen LogP contribution < -0.4 is 5.32 Å². The Bertz CT molecular complexity index is 381. The number of piperazine rings is 1. The highest BCUT2D eigenvalue weighted by atomic mass is 35.5. The highest BCUT2D eigenvalue weighted by Crippen LogP contribution is 2.25. The van der Waals surface area contributed by atoms with Crippen molar-refractivity contribution < 1.29 is 5.11 Å². The van der Waals surface area contributed by atoms with Gasteiger partial charge in [-0.05, 0) is 24.1 Å². The fourth-order valence-corrected chi connectivity index (χ4v) is 2.43. The summed E-state index contributed by atoms with van der Waals surface area (Å²) in [7, 11) is 0. The van der Waals surface area contributed by atoms with Crippen LogP contribution in [0.3, 0.4) is 0 Å². The molecule has 0 saturated carbocycles. The fourth-order valence-electron chi connectivity index (χ4n) is 2.24. The van der Waals surface area contributed by atoms with Crippen molar-refractivity contribution in [1.82, 2.24) is 10.2 Å². The van der Waals surface area contributed by atoms with E-state index in [0.717, 1.165) is 42.3 Å². The van der Waals surface area contributed by atoms with Gasteiger partial charge in [0, 0.05) is 31.2 Å². The van der Waals surface area contributed by atoms with Gasteiger partial charge in [0.1, 0.15) is 0 Å². The van der Waals surface area contributed by atoms with E-state index in [1.165, 1.54) is 0 Å². The number of aliphatic hydroxyl groups excluding tert-OH is 1. The van der Waals surface area contributed by atoms with Crippen LogP contribution in [-0.4, -0.2) is 42.8 Å². The topological polar surface area (TPSA) is 35.5 Å². The first-order valence-electron chi connectivity index (χ1n) is 6.04. The highest BCUT2D eigenvalue weighted by molar-refractivity contribution is 6.31. The van der Waals surface area contributed by atoms with E-state index in [2.05, 4.69) is 16.3 Å². The number of halogens is 2. The maximum atomic E-state index is 9.59. The van der Waals surface area contributed by atoms with E-state index in [0.29, 0.717) is 0 Å². The number of aryl methyl sites for hydroxylation is 1. The lowest BCUT2D eigenvalue weighted by Crippen LogP contribution is -2.46. The lowest BCUT2D eigenvalue weighted by atomic mass is 10.0. The van der Waals surface area contributed by atoms with Gasteiger partial charge in [0.2, 0.25) is 0 Å². The molecule has 0 spiro atoms. The number of rotatable bonds is 3. The molecule has 1 aromatic rings. The van der Waals surface area contributed by atoms with Crippen molar-refractivity contribution in [3.63, 3.8) is 0 Å². The van der Waals surface area contributed by atoms with E-state index in [-0.39, 0.29) is 25.1 Å². The molecule has 1 heterocycles. The van der Waals surface area contributed by atoms with E-state index in [1.807, 2.05) is 19.1 Å². The van der Waals surface area contributed by atoms with Crippen LogP contribution in [-0.2, 0) is 0 Å². The second-order valence-corrected chi connectivity index (χ2v) is 4.90. The zero-order chi connectivity index (χ0) is 12.3. The van der Waals surface area contributed by atoms with E-state index in [1.54, 1.807) is 0 Å². The Balaban J connectivity index is 0.00000162. The summed E-state index contributed by atoms with van der Waals surface area (Å²) < 4.78 is 0. The third-order valence-corrected chi connectivity index (χ3v) is 3.75. The fraction of sp³-hybridized carbons (Fsp3) is 0.538. The summed E-state index contributed by atoms with van der Waals surface area (Å²) in [6.45, 7) is 6.03. The third kappa shape index (κ3) is 3.59. The molecule has 0 unspecified atom stereocenters. The highest BCUT2D eigenvalue weighted by Gasteiger charge is 2.21. The zero-order valence-electron chi connectivity index (χ0n) is 10.5. The van der Waals surface area contributed by atoms with Crippen molar-refractivity contribution in [1.29, 1.82) is 0 Å². The molecule has 1 saturated heterocycles. The minimum Gasteiger partial charge on any atom is -0.394 e. The number of nitrogens with one attached hydrogen (secondary N) is 1. The van der Waals surface area contributed by atoms with Crippen LogP contribution >= 0.6 is 24.0 Å². The molecule has 3 nitrogen and oxygen atoms in total. The van der Waals surface area contributed by atoms with Gasteiger partial charge in [0.05, 0.1) is 12.6 Å². The smallest absolute Gasteiger partial charge is 0.0628 e. The average molecular weight is 291 g/mol. The molecular weight excluding hydrogens is 271 g/mol. The van der Waals surface area contributed by atoms with E-state index in [9.17, 15) is 5.11 Å². The predicted molar refractivity (Wildman–Crippen MR) is 77.7 cm³/mol. The Morgan fingerprint density at radius 1 is 1.39 bits per heavy atom. The van der Waals surface area contributed by atoms with Gasteiger partial charge in [-0.1, -0.05) is 23.7 Å². The number of nitrogens with zero attached hydrogens (tertiary/aromatic N) is 1. The third-order valence-electron chi connectivity index (χ3n) is 3.35. The Labute approximate surface area is 120 Å². The molecule has 0 radical (unpaired) electrons. The second-order valence-electron chi connectivity index (χ2n) is 4.49. The molecule has 102 valence electrons. The molecule has 0 aliphatic carbocycles. The standard InChI is InChI=1S/C13H19ClN2O.ClH/c1-10-2-3-11(8-12(10)14)13(9-17)16-6-4-15-5-7-16;/h2-3,8,13,15,17H,4-7,9H2,1H3;1H/t13-;/m1./s1. The molecule has 1 aliphatic rings. The summed E-state index contributed by atoms with van der Waals surface area (Å²) in [6.07, 6.45) is 0. The molecule has 1 fully saturated rings. The molecule has 1 aromatic carbocycles. The van der Waals surface area contributed by atoms with E-state index < -0.39 is 0 Å². The number of hydrogen-bond donors (Lipinski definition) is 2. The largest absolute Gasteiger partial charge is 0.394 e. The van der Waals surface area contributed by atoms with Gasteiger partial charge in [-0.2, -0.15) is 0 Å². The molecule has 0 amide bonds. The second kappa shape index (κ2) is 7.31. The van der Waals surface area contributed by atoms with Crippen LogP contribution in [0.1, 0.15) is 17.2 Å². The molecule has 1 aliphatic heterocycles. The molecule has 0 bridgehead atoms. The molecule has 1 atom stereocenters. The van der Waals surface area contributed by atoms with Crippen LogP contribution in [0.25, 0.3) is 0 Å². The van der Waals surface area contributed by atoms with Gasteiger partial charge in [-0.15, -0.1) is 12.4 Å².